The van der Waals surface area contributed by atoms with Gasteiger partial charge in [0.2, 0.25) is 0 Å². The van der Waals surface area contributed by atoms with Gasteiger partial charge in [0.05, 0.1) is 7.11 Å². The highest BCUT2D eigenvalue weighted by molar-refractivity contribution is 5.87. The van der Waals surface area contributed by atoms with Gasteiger partial charge in [-0.25, -0.2) is 4.79 Å². The van der Waals surface area contributed by atoms with Crippen molar-refractivity contribution in [3.8, 4) is 0 Å². The lowest BCUT2D eigenvalue weighted by atomic mass is 10.1. The fourth-order valence-corrected chi connectivity index (χ4v) is 2.45. The Morgan fingerprint density at radius 1 is 1.37 bits per heavy atom. The number of aryl methyl sites for hydroxylation is 1. The molecule has 1 aliphatic heterocycles. The third kappa shape index (κ3) is 3.37. The molecule has 19 heavy (non-hydrogen) atoms. The van der Waals surface area contributed by atoms with Gasteiger partial charge in [0.15, 0.2) is 0 Å². The molecule has 1 aromatic carbocycles. The first-order chi connectivity index (χ1) is 9.22. The molecule has 0 atom stereocenters. The van der Waals surface area contributed by atoms with Crippen molar-refractivity contribution in [3.05, 3.63) is 41.5 Å². The molecule has 1 aliphatic rings. The summed E-state index contributed by atoms with van der Waals surface area (Å²) >= 11 is 0. The lowest BCUT2D eigenvalue weighted by Gasteiger charge is -2.23. The summed E-state index contributed by atoms with van der Waals surface area (Å²) in [5, 5.41) is 0. The Bertz CT molecular complexity index is 479. The van der Waals surface area contributed by atoms with Crippen LogP contribution in [-0.4, -0.2) is 26.2 Å². The van der Waals surface area contributed by atoms with Gasteiger partial charge in [-0.15, -0.1) is 0 Å². The summed E-state index contributed by atoms with van der Waals surface area (Å²) in [6.45, 7) is 3.61. The molecule has 3 heteroatoms. The van der Waals surface area contributed by atoms with Crippen molar-refractivity contribution >= 4 is 11.7 Å². The van der Waals surface area contributed by atoms with Crippen molar-refractivity contribution in [2.45, 2.75) is 26.2 Å². The number of ether oxygens (including phenoxy) is 1. The van der Waals surface area contributed by atoms with E-state index in [1.807, 2.05) is 6.08 Å². The standard InChI is InChI=1S/C16H21NO2/c1-13(16(18)19-2)10-12-17-11-6-5-8-14-7-3-4-9-15(14)17/h3-4,7,9-10H,5-6,8,11-12H2,1-2H3. The molecule has 0 N–H and O–H groups in total. The third-order valence-corrected chi connectivity index (χ3v) is 3.58. The number of anilines is 1. The number of fused-ring (bicyclic) bond motifs is 1. The number of benzene rings is 1. The lowest BCUT2D eigenvalue weighted by Crippen LogP contribution is -2.24. The lowest BCUT2D eigenvalue weighted by molar-refractivity contribution is -0.136. The van der Waals surface area contributed by atoms with Gasteiger partial charge in [-0.3, -0.25) is 0 Å². The Hall–Kier alpha value is -1.77. The van der Waals surface area contributed by atoms with Gasteiger partial charge < -0.3 is 9.64 Å². The molecular formula is C16H21NO2. The van der Waals surface area contributed by atoms with E-state index in [-0.39, 0.29) is 5.97 Å². The quantitative estimate of drug-likeness (QED) is 0.617. The van der Waals surface area contributed by atoms with Crippen molar-refractivity contribution in [2.24, 2.45) is 0 Å². The molecule has 0 radical (unpaired) electrons. The van der Waals surface area contributed by atoms with Crippen LogP contribution < -0.4 is 4.90 Å². The Morgan fingerprint density at radius 3 is 2.95 bits per heavy atom. The van der Waals surface area contributed by atoms with E-state index in [1.165, 1.54) is 31.2 Å². The summed E-state index contributed by atoms with van der Waals surface area (Å²) in [7, 11) is 1.42. The second-order valence-electron chi connectivity index (χ2n) is 4.91. The number of methoxy groups -OCH3 is 1. The zero-order valence-electron chi connectivity index (χ0n) is 11.7. The second-order valence-corrected chi connectivity index (χ2v) is 4.91. The molecule has 0 unspecified atom stereocenters. The summed E-state index contributed by atoms with van der Waals surface area (Å²) < 4.78 is 4.72. The van der Waals surface area contributed by atoms with E-state index >= 15 is 0 Å². The third-order valence-electron chi connectivity index (χ3n) is 3.58. The van der Waals surface area contributed by atoms with Crippen LogP contribution in [0.5, 0.6) is 0 Å². The number of para-hydroxylation sites is 1. The van der Waals surface area contributed by atoms with Crippen LogP contribution in [0.3, 0.4) is 0 Å². The highest BCUT2D eigenvalue weighted by atomic mass is 16.5. The molecular weight excluding hydrogens is 238 g/mol. The molecule has 1 heterocycles. The molecule has 0 aromatic heterocycles. The molecule has 102 valence electrons. The Labute approximate surface area is 114 Å². The number of rotatable bonds is 3. The van der Waals surface area contributed by atoms with Crippen LogP contribution in [0.1, 0.15) is 25.3 Å². The van der Waals surface area contributed by atoms with Crippen LogP contribution in [0.25, 0.3) is 0 Å². The van der Waals surface area contributed by atoms with Crippen molar-refractivity contribution in [1.82, 2.24) is 0 Å². The summed E-state index contributed by atoms with van der Waals surface area (Å²) in [6.07, 6.45) is 5.52. The van der Waals surface area contributed by atoms with E-state index < -0.39 is 0 Å². The average Bonchev–Trinajstić information content (AvgIpc) is 2.66. The molecule has 0 amide bonds. The molecule has 3 nitrogen and oxygen atoms in total. The van der Waals surface area contributed by atoms with E-state index in [0.717, 1.165) is 19.5 Å². The average molecular weight is 259 g/mol. The van der Waals surface area contributed by atoms with Crippen LogP contribution >= 0.6 is 0 Å². The Morgan fingerprint density at radius 2 is 2.16 bits per heavy atom. The number of nitrogens with zero attached hydrogens (tertiary/aromatic N) is 1. The first-order valence-electron chi connectivity index (χ1n) is 6.80. The van der Waals surface area contributed by atoms with Gasteiger partial charge in [-0.05, 0) is 37.8 Å². The van der Waals surface area contributed by atoms with Gasteiger partial charge in [0, 0.05) is 24.4 Å². The second kappa shape index (κ2) is 6.41. The minimum Gasteiger partial charge on any atom is -0.466 e. The number of hydrogen-bond donors (Lipinski definition) is 0. The van der Waals surface area contributed by atoms with Crippen LogP contribution in [0.4, 0.5) is 5.69 Å². The smallest absolute Gasteiger partial charge is 0.333 e. The number of hydrogen-bond acceptors (Lipinski definition) is 3. The highest BCUT2D eigenvalue weighted by Gasteiger charge is 2.14. The zero-order valence-corrected chi connectivity index (χ0v) is 11.7. The van der Waals surface area contributed by atoms with Gasteiger partial charge in [-0.1, -0.05) is 24.3 Å². The maximum absolute atomic E-state index is 11.4. The van der Waals surface area contributed by atoms with E-state index in [1.54, 1.807) is 6.92 Å². The summed E-state index contributed by atoms with van der Waals surface area (Å²) in [5.74, 6) is -0.247. The Balaban J connectivity index is 2.14. The monoisotopic (exact) mass is 259 g/mol. The normalized spacial score (nSPS) is 15.7. The largest absolute Gasteiger partial charge is 0.466 e. The van der Waals surface area contributed by atoms with Gasteiger partial charge >= 0.3 is 5.97 Å². The summed E-state index contributed by atoms with van der Waals surface area (Å²) in [5.41, 5.74) is 3.38. The molecule has 0 saturated heterocycles. The van der Waals surface area contributed by atoms with Crippen LogP contribution in [0.2, 0.25) is 0 Å². The van der Waals surface area contributed by atoms with Crippen LogP contribution in [0.15, 0.2) is 35.9 Å². The maximum atomic E-state index is 11.4. The van der Waals surface area contributed by atoms with Crippen molar-refractivity contribution in [3.63, 3.8) is 0 Å². The fourth-order valence-electron chi connectivity index (χ4n) is 2.45. The van der Waals surface area contributed by atoms with Gasteiger partial charge in [-0.2, -0.15) is 0 Å². The molecule has 0 fully saturated rings. The molecule has 0 saturated carbocycles. The molecule has 2 rings (SSSR count). The van der Waals surface area contributed by atoms with Crippen LogP contribution in [-0.2, 0) is 16.0 Å². The minimum absolute atomic E-state index is 0.247. The molecule has 1 aromatic rings. The van der Waals surface area contributed by atoms with E-state index in [2.05, 4.69) is 29.2 Å². The maximum Gasteiger partial charge on any atom is 0.333 e. The number of carbonyl (C=O) groups excluding carboxylic acids is 1. The van der Waals surface area contributed by atoms with Crippen molar-refractivity contribution < 1.29 is 9.53 Å². The molecule has 0 spiro atoms. The first kappa shape index (κ1) is 13.7. The predicted molar refractivity (Wildman–Crippen MR) is 77.4 cm³/mol. The minimum atomic E-state index is -0.247. The Kier molecular flexibility index (Phi) is 4.61. The number of esters is 1. The van der Waals surface area contributed by atoms with E-state index in [0.29, 0.717) is 5.57 Å². The van der Waals surface area contributed by atoms with E-state index in [9.17, 15) is 4.79 Å². The van der Waals surface area contributed by atoms with Crippen molar-refractivity contribution in [1.29, 1.82) is 0 Å². The predicted octanol–water partition coefficient (Wildman–Crippen LogP) is 2.95. The topological polar surface area (TPSA) is 29.5 Å². The number of carbonyl (C=O) groups is 1. The van der Waals surface area contributed by atoms with Gasteiger partial charge in [0.1, 0.15) is 0 Å². The highest BCUT2D eigenvalue weighted by Crippen LogP contribution is 2.25. The SMILES string of the molecule is COC(=O)C(C)=CCN1CCCCc2ccccc21. The van der Waals surface area contributed by atoms with E-state index in [4.69, 9.17) is 4.74 Å². The van der Waals surface area contributed by atoms with Gasteiger partial charge in [0.25, 0.3) is 0 Å². The van der Waals surface area contributed by atoms with Crippen molar-refractivity contribution in [2.75, 3.05) is 25.1 Å². The van der Waals surface area contributed by atoms with Crippen LogP contribution in [0, 0.1) is 0 Å². The zero-order chi connectivity index (χ0) is 13.7. The fraction of sp³-hybridized carbons (Fsp3) is 0.438. The molecule has 0 bridgehead atoms. The first-order valence-corrected chi connectivity index (χ1v) is 6.80. The summed E-state index contributed by atoms with van der Waals surface area (Å²) in [6, 6.07) is 8.54. The molecule has 0 aliphatic carbocycles. The summed E-state index contributed by atoms with van der Waals surface area (Å²) in [4.78, 5) is 13.7.